The number of nitrogens with zero attached hydrogens (tertiary/aromatic N) is 1. The first-order valence-electron chi connectivity index (χ1n) is 7.65. The van der Waals surface area contributed by atoms with Gasteiger partial charge in [-0.25, -0.2) is 4.98 Å². The van der Waals surface area contributed by atoms with Gasteiger partial charge in [0.05, 0.1) is 16.0 Å². The molecule has 25 heavy (non-hydrogen) atoms. The van der Waals surface area contributed by atoms with Gasteiger partial charge in [-0.2, -0.15) is 0 Å². The van der Waals surface area contributed by atoms with Crippen molar-refractivity contribution in [3.8, 4) is 0 Å². The van der Waals surface area contributed by atoms with Crippen molar-refractivity contribution in [3.63, 3.8) is 0 Å². The Morgan fingerprint density at radius 3 is 2.64 bits per heavy atom. The number of fused-ring (bicyclic) bond motifs is 1. The van der Waals surface area contributed by atoms with Crippen molar-refractivity contribution in [1.82, 2.24) is 4.98 Å². The molecule has 2 aromatic carbocycles. The zero-order valence-electron chi connectivity index (χ0n) is 13.5. The van der Waals surface area contributed by atoms with Gasteiger partial charge < -0.3 is 10.1 Å². The van der Waals surface area contributed by atoms with E-state index in [1.54, 1.807) is 19.1 Å². The number of carbonyl (C=O) groups excluding carboxylic acids is 2. The summed E-state index contributed by atoms with van der Waals surface area (Å²) < 4.78 is 7.07. The van der Waals surface area contributed by atoms with Crippen LogP contribution >= 0.6 is 23.1 Å². The fourth-order valence-electron chi connectivity index (χ4n) is 2.08. The van der Waals surface area contributed by atoms with Gasteiger partial charge in [0, 0.05) is 5.69 Å². The molecule has 3 aromatic rings. The van der Waals surface area contributed by atoms with Crippen LogP contribution in [0.1, 0.15) is 6.92 Å². The van der Waals surface area contributed by atoms with Gasteiger partial charge in [0.25, 0.3) is 5.91 Å². The summed E-state index contributed by atoms with van der Waals surface area (Å²) in [7, 11) is 0. The Bertz CT molecular complexity index is 847. The van der Waals surface area contributed by atoms with Crippen LogP contribution in [-0.2, 0) is 14.3 Å². The number of amides is 1. The second kappa shape index (κ2) is 8.13. The van der Waals surface area contributed by atoms with Crippen molar-refractivity contribution in [2.45, 2.75) is 17.4 Å². The van der Waals surface area contributed by atoms with Crippen LogP contribution in [0.3, 0.4) is 0 Å². The fourth-order valence-corrected chi connectivity index (χ4v) is 3.93. The van der Waals surface area contributed by atoms with E-state index < -0.39 is 12.1 Å². The van der Waals surface area contributed by atoms with Gasteiger partial charge in [0.2, 0.25) is 0 Å². The molecule has 1 unspecified atom stereocenters. The quantitative estimate of drug-likeness (QED) is 0.524. The van der Waals surface area contributed by atoms with Crippen molar-refractivity contribution in [1.29, 1.82) is 0 Å². The van der Waals surface area contributed by atoms with Crippen molar-refractivity contribution in [2.24, 2.45) is 0 Å². The maximum Gasteiger partial charge on any atom is 0.317 e. The van der Waals surface area contributed by atoms with Gasteiger partial charge in [0.15, 0.2) is 10.4 Å². The molecule has 1 heterocycles. The maximum absolute atomic E-state index is 12.0. The van der Waals surface area contributed by atoms with Gasteiger partial charge in [-0.3, -0.25) is 9.59 Å². The minimum Gasteiger partial charge on any atom is -0.452 e. The van der Waals surface area contributed by atoms with E-state index in [1.807, 2.05) is 42.5 Å². The van der Waals surface area contributed by atoms with E-state index in [1.165, 1.54) is 23.1 Å². The zero-order chi connectivity index (χ0) is 17.6. The summed E-state index contributed by atoms with van der Waals surface area (Å²) >= 11 is 2.84. The monoisotopic (exact) mass is 372 g/mol. The largest absolute Gasteiger partial charge is 0.452 e. The lowest BCUT2D eigenvalue weighted by molar-refractivity contribution is -0.150. The van der Waals surface area contributed by atoms with Gasteiger partial charge >= 0.3 is 5.97 Å². The molecule has 5 nitrogen and oxygen atoms in total. The highest BCUT2D eigenvalue weighted by atomic mass is 32.2. The van der Waals surface area contributed by atoms with Crippen LogP contribution in [-0.4, -0.2) is 28.7 Å². The summed E-state index contributed by atoms with van der Waals surface area (Å²) in [6.45, 7) is 1.55. The molecule has 3 rings (SSSR count). The molecule has 0 bridgehead atoms. The minimum absolute atomic E-state index is 0.114. The third-order valence-corrected chi connectivity index (χ3v) is 5.46. The number of ether oxygens (including phenoxy) is 1. The molecular formula is C18H16N2O3S2. The molecular weight excluding hydrogens is 356 g/mol. The number of benzene rings is 2. The standard InChI is InChI=1S/C18H16N2O3S2/c1-12(17(22)19-13-7-3-2-4-8-13)23-16(21)11-24-18-20-14-9-5-6-10-15(14)25-18/h2-10,12H,11H2,1H3,(H,19,22). The van der Waals surface area contributed by atoms with Crippen LogP contribution in [0.4, 0.5) is 5.69 Å². The molecule has 1 N–H and O–H groups in total. The predicted octanol–water partition coefficient (Wildman–Crippen LogP) is 3.96. The molecule has 7 heteroatoms. The van der Waals surface area contributed by atoms with Crippen LogP contribution in [0.2, 0.25) is 0 Å². The third kappa shape index (κ3) is 4.80. The number of hydrogen-bond acceptors (Lipinski definition) is 6. The summed E-state index contributed by atoms with van der Waals surface area (Å²) in [6, 6.07) is 16.9. The molecule has 1 amide bonds. The van der Waals surface area contributed by atoms with Crippen LogP contribution in [0.25, 0.3) is 10.2 Å². The van der Waals surface area contributed by atoms with Crippen molar-refractivity contribution in [2.75, 3.05) is 11.1 Å². The fraction of sp³-hybridized carbons (Fsp3) is 0.167. The lowest BCUT2D eigenvalue weighted by Gasteiger charge is -2.13. The Hall–Kier alpha value is -2.38. The summed E-state index contributed by atoms with van der Waals surface area (Å²) in [5.41, 5.74) is 1.58. The Labute approximate surface area is 153 Å². The van der Waals surface area contributed by atoms with Gasteiger partial charge in [-0.1, -0.05) is 42.1 Å². The summed E-state index contributed by atoms with van der Waals surface area (Å²) in [4.78, 5) is 28.4. The van der Waals surface area contributed by atoms with Crippen LogP contribution in [0.15, 0.2) is 58.9 Å². The van der Waals surface area contributed by atoms with Gasteiger partial charge in [0.1, 0.15) is 0 Å². The number of rotatable bonds is 6. The number of hydrogen-bond donors (Lipinski definition) is 1. The Kier molecular flexibility index (Phi) is 5.67. The summed E-state index contributed by atoms with van der Waals surface area (Å²) in [5.74, 6) is -0.688. The van der Waals surface area contributed by atoms with Gasteiger partial charge in [-0.05, 0) is 31.2 Å². The molecule has 0 saturated carbocycles. The average molecular weight is 372 g/mol. The Morgan fingerprint density at radius 1 is 1.16 bits per heavy atom. The number of esters is 1. The third-order valence-electron chi connectivity index (χ3n) is 3.31. The van der Waals surface area contributed by atoms with Crippen molar-refractivity contribution in [3.05, 3.63) is 54.6 Å². The number of aromatic nitrogens is 1. The second-order valence-electron chi connectivity index (χ2n) is 5.22. The highest BCUT2D eigenvalue weighted by molar-refractivity contribution is 8.01. The number of thioether (sulfide) groups is 1. The molecule has 0 fully saturated rings. The molecule has 0 aliphatic carbocycles. The van der Waals surface area contributed by atoms with E-state index in [-0.39, 0.29) is 11.7 Å². The number of para-hydroxylation sites is 2. The molecule has 0 saturated heterocycles. The zero-order valence-corrected chi connectivity index (χ0v) is 15.1. The van der Waals surface area contributed by atoms with E-state index in [9.17, 15) is 9.59 Å². The maximum atomic E-state index is 12.0. The lowest BCUT2D eigenvalue weighted by Crippen LogP contribution is -2.30. The summed E-state index contributed by atoms with van der Waals surface area (Å²) in [6.07, 6.45) is -0.858. The predicted molar refractivity (Wildman–Crippen MR) is 101 cm³/mol. The highest BCUT2D eigenvalue weighted by Crippen LogP contribution is 2.29. The topological polar surface area (TPSA) is 68.3 Å². The Balaban J connectivity index is 1.49. The number of thiazole rings is 1. The average Bonchev–Trinajstić information content (AvgIpc) is 3.04. The first-order valence-corrected chi connectivity index (χ1v) is 9.46. The highest BCUT2D eigenvalue weighted by Gasteiger charge is 2.18. The van der Waals surface area contributed by atoms with Crippen LogP contribution < -0.4 is 5.32 Å². The first-order chi connectivity index (χ1) is 12.1. The number of nitrogens with one attached hydrogen (secondary N) is 1. The van der Waals surface area contributed by atoms with E-state index >= 15 is 0 Å². The van der Waals surface area contributed by atoms with E-state index in [0.717, 1.165) is 14.6 Å². The first kappa shape index (κ1) is 17.4. The molecule has 0 aliphatic rings. The molecule has 0 spiro atoms. The van der Waals surface area contributed by atoms with Crippen LogP contribution in [0, 0.1) is 0 Å². The van der Waals surface area contributed by atoms with E-state index in [0.29, 0.717) is 5.69 Å². The SMILES string of the molecule is CC(OC(=O)CSc1nc2ccccc2s1)C(=O)Nc1ccccc1. The van der Waals surface area contributed by atoms with E-state index in [4.69, 9.17) is 4.74 Å². The minimum atomic E-state index is -0.858. The smallest absolute Gasteiger partial charge is 0.317 e. The van der Waals surface area contributed by atoms with Crippen molar-refractivity contribution < 1.29 is 14.3 Å². The number of carbonyl (C=O) groups is 2. The normalized spacial score (nSPS) is 11.9. The second-order valence-corrected chi connectivity index (χ2v) is 7.48. The molecule has 128 valence electrons. The lowest BCUT2D eigenvalue weighted by atomic mass is 10.3. The van der Waals surface area contributed by atoms with Gasteiger partial charge in [-0.15, -0.1) is 11.3 Å². The van der Waals surface area contributed by atoms with Crippen molar-refractivity contribution >= 4 is 50.9 Å². The molecule has 1 aromatic heterocycles. The number of anilines is 1. The summed E-state index contributed by atoms with van der Waals surface area (Å²) in [5, 5.41) is 2.71. The molecule has 1 atom stereocenters. The van der Waals surface area contributed by atoms with E-state index in [2.05, 4.69) is 10.3 Å². The van der Waals surface area contributed by atoms with Crippen LogP contribution in [0.5, 0.6) is 0 Å². The molecule has 0 aliphatic heterocycles. The Morgan fingerprint density at radius 2 is 1.88 bits per heavy atom. The molecule has 0 radical (unpaired) electrons.